The summed E-state index contributed by atoms with van der Waals surface area (Å²) in [6.45, 7) is 8.61. The minimum Gasteiger partial charge on any atom is -0.494 e. The number of anilines is 1. The highest BCUT2D eigenvalue weighted by atomic mass is 32.2. The Labute approximate surface area is 222 Å². The Morgan fingerprint density at radius 3 is 2.19 bits per heavy atom. The zero-order valence-corrected chi connectivity index (χ0v) is 23.5. The molecule has 8 nitrogen and oxygen atoms in total. The average molecular weight is 532 g/mol. The van der Waals surface area contributed by atoms with Crippen LogP contribution in [0.3, 0.4) is 0 Å². The van der Waals surface area contributed by atoms with E-state index in [1.165, 1.54) is 4.31 Å². The largest absolute Gasteiger partial charge is 0.494 e. The SMILES string of the molecule is CCOc1ccc(N(CCCC(=O)N(CCc2ccccc2)[C@H](C)C(=O)N[C@@H](C)CC)S(C)(=O)=O)cc1. The van der Waals surface area contributed by atoms with Gasteiger partial charge in [0.1, 0.15) is 11.8 Å². The third-order valence-corrected chi connectivity index (χ3v) is 7.43. The lowest BCUT2D eigenvalue weighted by atomic mass is 10.1. The van der Waals surface area contributed by atoms with Gasteiger partial charge < -0.3 is 15.0 Å². The second-order valence-corrected chi connectivity index (χ2v) is 11.1. The van der Waals surface area contributed by atoms with Crippen LogP contribution in [0.25, 0.3) is 0 Å². The van der Waals surface area contributed by atoms with E-state index in [2.05, 4.69) is 5.32 Å². The van der Waals surface area contributed by atoms with Gasteiger partial charge in [-0.2, -0.15) is 0 Å². The molecule has 0 aliphatic carbocycles. The smallest absolute Gasteiger partial charge is 0.242 e. The number of carbonyl (C=O) groups is 2. The highest BCUT2D eigenvalue weighted by molar-refractivity contribution is 7.92. The molecule has 0 aliphatic rings. The van der Waals surface area contributed by atoms with Crippen LogP contribution in [-0.4, -0.2) is 63.2 Å². The Morgan fingerprint density at radius 1 is 0.973 bits per heavy atom. The minimum atomic E-state index is -3.55. The van der Waals surface area contributed by atoms with Crippen molar-refractivity contribution in [2.75, 3.05) is 30.3 Å². The fraction of sp³-hybridized carbons (Fsp3) is 0.500. The molecule has 204 valence electrons. The Morgan fingerprint density at radius 2 is 1.62 bits per heavy atom. The maximum atomic E-state index is 13.3. The summed E-state index contributed by atoms with van der Waals surface area (Å²) in [7, 11) is -3.55. The number of hydrogen-bond acceptors (Lipinski definition) is 5. The van der Waals surface area contributed by atoms with Gasteiger partial charge in [-0.15, -0.1) is 0 Å². The van der Waals surface area contributed by atoms with Gasteiger partial charge in [-0.3, -0.25) is 13.9 Å². The molecule has 0 fully saturated rings. The van der Waals surface area contributed by atoms with Crippen molar-refractivity contribution < 1.29 is 22.7 Å². The molecule has 0 aliphatic heterocycles. The van der Waals surface area contributed by atoms with Gasteiger partial charge in [0.15, 0.2) is 0 Å². The third kappa shape index (κ3) is 9.72. The fourth-order valence-electron chi connectivity index (χ4n) is 3.91. The molecule has 2 aromatic carbocycles. The van der Waals surface area contributed by atoms with Crippen LogP contribution in [0, 0.1) is 0 Å². The number of sulfonamides is 1. The number of nitrogens with one attached hydrogen (secondary N) is 1. The van der Waals surface area contributed by atoms with Crippen molar-refractivity contribution in [2.24, 2.45) is 0 Å². The van der Waals surface area contributed by atoms with Crippen molar-refractivity contribution in [3.05, 3.63) is 60.2 Å². The van der Waals surface area contributed by atoms with Gasteiger partial charge >= 0.3 is 0 Å². The van der Waals surface area contributed by atoms with Crippen molar-refractivity contribution in [3.8, 4) is 5.75 Å². The van der Waals surface area contributed by atoms with E-state index in [1.54, 1.807) is 36.1 Å². The van der Waals surface area contributed by atoms with Gasteiger partial charge in [0, 0.05) is 25.6 Å². The summed E-state index contributed by atoms with van der Waals surface area (Å²) >= 11 is 0. The van der Waals surface area contributed by atoms with E-state index in [0.717, 1.165) is 18.2 Å². The van der Waals surface area contributed by atoms with Crippen molar-refractivity contribution in [1.29, 1.82) is 0 Å². The van der Waals surface area contributed by atoms with E-state index in [-0.39, 0.29) is 30.8 Å². The number of amides is 2. The molecule has 0 saturated heterocycles. The molecule has 2 amide bonds. The highest BCUT2D eigenvalue weighted by Gasteiger charge is 2.27. The van der Waals surface area contributed by atoms with Crippen LogP contribution >= 0.6 is 0 Å². The Kier molecular flexibility index (Phi) is 11.9. The summed E-state index contributed by atoms with van der Waals surface area (Å²) in [5.41, 5.74) is 1.59. The summed E-state index contributed by atoms with van der Waals surface area (Å²) in [4.78, 5) is 27.8. The highest BCUT2D eigenvalue weighted by Crippen LogP contribution is 2.22. The zero-order chi connectivity index (χ0) is 27.4. The van der Waals surface area contributed by atoms with Gasteiger partial charge in [0.05, 0.1) is 18.6 Å². The molecule has 1 N–H and O–H groups in total. The molecule has 9 heteroatoms. The van der Waals surface area contributed by atoms with E-state index < -0.39 is 16.1 Å². The first kappa shape index (κ1) is 30.2. The van der Waals surface area contributed by atoms with Crippen molar-refractivity contribution in [1.82, 2.24) is 10.2 Å². The molecule has 0 unspecified atom stereocenters. The monoisotopic (exact) mass is 531 g/mol. The predicted molar refractivity (Wildman–Crippen MR) is 148 cm³/mol. The molecule has 37 heavy (non-hydrogen) atoms. The maximum absolute atomic E-state index is 13.3. The molecule has 0 saturated carbocycles. The molecule has 2 rings (SSSR count). The van der Waals surface area contributed by atoms with Crippen LogP contribution in [0.2, 0.25) is 0 Å². The third-order valence-electron chi connectivity index (χ3n) is 6.24. The maximum Gasteiger partial charge on any atom is 0.242 e. The van der Waals surface area contributed by atoms with Crippen molar-refractivity contribution in [2.45, 2.75) is 65.5 Å². The Hall–Kier alpha value is -3.07. The summed E-state index contributed by atoms with van der Waals surface area (Å²) in [6.07, 6.45) is 3.01. The van der Waals surface area contributed by atoms with Crippen molar-refractivity contribution in [3.63, 3.8) is 0 Å². The second kappa shape index (κ2) is 14.6. The van der Waals surface area contributed by atoms with E-state index in [1.807, 2.05) is 51.1 Å². The molecule has 2 atom stereocenters. The Balaban J connectivity index is 2.10. The number of nitrogens with zero attached hydrogens (tertiary/aromatic N) is 2. The quantitative estimate of drug-likeness (QED) is 0.375. The lowest BCUT2D eigenvalue weighted by Crippen LogP contribution is -2.50. The second-order valence-electron chi connectivity index (χ2n) is 9.18. The van der Waals surface area contributed by atoms with Gasteiger partial charge in [-0.05, 0) is 69.9 Å². The lowest BCUT2D eigenvalue weighted by Gasteiger charge is -2.30. The molecular weight excluding hydrogens is 490 g/mol. The number of rotatable bonds is 15. The summed E-state index contributed by atoms with van der Waals surface area (Å²) in [6, 6.07) is 16.0. The van der Waals surface area contributed by atoms with E-state index >= 15 is 0 Å². The van der Waals surface area contributed by atoms with Gasteiger partial charge in [0.2, 0.25) is 21.8 Å². The van der Waals surface area contributed by atoms with Gasteiger partial charge in [-0.1, -0.05) is 37.3 Å². The normalized spacial score (nSPS) is 12.9. The number of hydrogen-bond donors (Lipinski definition) is 1. The fourth-order valence-corrected chi connectivity index (χ4v) is 4.88. The molecule has 2 aromatic rings. The van der Waals surface area contributed by atoms with Crippen LogP contribution in [0.1, 0.15) is 52.5 Å². The first-order valence-electron chi connectivity index (χ1n) is 12.9. The lowest BCUT2D eigenvalue weighted by molar-refractivity contribution is -0.140. The van der Waals surface area contributed by atoms with Gasteiger partial charge in [0.25, 0.3) is 0 Å². The zero-order valence-electron chi connectivity index (χ0n) is 22.6. The minimum absolute atomic E-state index is 0.0125. The van der Waals surface area contributed by atoms with E-state index in [4.69, 9.17) is 4.74 Å². The standard InChI is InChI=1S/C28H41N3O5S/c1-6-22(3)29-28(33)23(4)30(21-19-24-12-9-8-10-13-24)27(32)14-11-20-31(37(5,34)35)25-15-17-26(18-16-25)36-7-2/h8-10,12-13,15-18,22-23H,6-7,11,14,19-21H2,1-5H3,(H,29,33)/t22-,23+/m0/s1. The summed E-state index contributed by atoms with van der Waals surface area (Å²) in [5, 5.41) is 2.96. The van der Waals surface area contributed by atoms with Crippen LogP contribution in [0.15, 0.2) is 54.6 Å². The van der Waals surface area contributed by atoms with Gasteiger partial charge in [-0.25, -0.2) is 8.42 Å². The van der Waals surface area contributed by atoms with Crippen LogP contribution in [-0.2, 0) is 26.0 Å². The van der Waals surface area contributed by atoms with Crippen LogP contribution in [0.4, 0.5) is 5.69 Å². The molecular formula is C28H41N3O5S. The van der Waals surface area contributed by atoms with E-state index in [0.29, 0.717) is 37.4 Å². The summed E-state index contributed by atoms with van der Waals surface area (Å²) in [5.74, 6) is 0.291. The summed E-state index contributed by atoms with van der Waals surface area (Å²) < 4.78 is 31.7. The topological polar surface area (TPSA) is 96.0 Å². The molecule has 0 aromatic heterocycles. The molecule has 0 radical (unpaired) electrons. The van der Waals surface area contributed by atoms with Crippen LogP contribution < -0.4 is 14.4 Å². The Bertz CT molecular complexity index is 1090. The molecule has 0 bridgehead atoms. The molecule has 0 heterocycles. The van der Waals surface area contributed by atoms with Crippen molar-refractivity contribution >= 4 is 27.5 Å². The molecule has 0 spiro atoms. The first-order chi connectivity index (χ1) is 17.6. The number of carbonyl (C=O) groups excluding carboxylic acids is 2. The average Bonchev–Trinajstić information content (AvgIpc) is 2.87. The first-order valence-corrected chi connectivity index (χ1v) is 14.8. The van der Waals surface area contributed by atoms with Crippen LogP contribution in [0.5, 0.6) is 5.75 Å². The number of ether oxygens (including phenoxy) is 1. The van der Waals surface area contributed by atoms with E-state index in [9.17, 15) is 18.0 Å². The predicted octanol–water partition coefficient (Wildman–Crippen LogP) is 4.01. The number of benzene rings is 2.